The Morgan fingerprint density at radius 3 is 2.50 bits per heavy atom. The van der Waals surface area contributed by atoms with Gasteiger partial charge in [0.15, 0.2) is 0 Å². The highest BCUT2D eigenvalue weighted by atomic mass is 16.4. The first kappa shape index (κ1) is 8.74. The monoisotopic (exact) mass is 191 g/mol. The standard InChI is InChI=1S/C10H9NO3/c12-9-6-8(10(13)14)11(9)7-4-2-1-3-5-7/h1-5,8H,6H2,(H,13,14). The summed E-state index contributed by atoms with van der Waals surface area (Å²) in [5, 5.41) is 8.79. The van der Waals surface area contributed by atoms with Crippen LogP contribution in [0.3, 0.4) is 0 Å². The molecule has 0 bridgehead atoms. The molecule has 0 aromatic heterocycles. The Hall–Kier alpha value is -1.84. The smallest absolute Gasteiger partial charge is 0.327 e. The molecule has 0 radical (unpaired) electrons. The first-order valence-electron chi connectivity index (χ1n) is 4.30. The molecule has 4 heteroatoms. The highest BCUT2D eigenvalue weighted by Gasteiger charge is 2.42. The maximum atomic E-state index is 11.2. The van der Waals surface area contributed by atoms with Crippen molar-refractivity contribution < 1.29 is 14.7 Å². The molecule has 1 unspecified atom stereocenters. The molecule has 1 aromatic carbocycles. The fraction of sp³-hybridized carbons (Fsp3) is 0.200. The molecule has 1 atom stereocenters. The van der Waals surface area contributed by atoms with Gasteiger partial charge < -0.3 is 5.11 Å². The van der Waals surface area contributed by atoms with Crippen LogP contribution in [-0.2, 0) is 9.59 Å². The van der Waals surface area contributed by atoms with Crippen LogP contribution in [0.5, 0.6) is 0 Å². The van der Waals surface area contributed by atoms with E-state index in [4.69, 9.17) is 5.11 Å². The molecule has 1 N–H and O–H groups in total. The van der Waals surface area contributed by atoms with E-state index >= 15 is 0 Å². The number of carbonyl (C=O) groups is 2. The Labute approximate surface area is 80.8 Å². The van der Waals surface area contributed by atoms with Crippen molar-refractivity contribution in [1.29, 1.82) is 0 Å². The van der Waals surface area contributed by atoms with Crippen molar-refractivity contribution >= 4 is 17.6 Å². The summed E-state index contributed by atoms with van der Waals surface area (Å²) in [5.41, 5.74) is 0.649. The number of carbonyl (C=O) groups excluding carboxylic acids is 1. The zero-order chi connectivity index (χ0) is 10.1. The maximum absolute atomic E-state index is 11.2. The average Bonchev–Trinajstić information content (AvgIpc) is 2.15. The van der Waals surface area contributed by atoms with Gasteiger partial charge in [0.25, 0.3) is 0 Å². The number of carboxylic acids is 1. The summed E-state index contributed by atoms with van der Waals surface area (Å²) < 4.78 is 0. The van der Waals surface area contributed by atoms with Crippen LogP contribution in [0.2, 0.25) is 0 Å². The molecular formula is C10H9NO3. The second kappa shape index (κ2) is 3.14. The molecule has 1 fully saturated rings. The molecule has 1 heterocycles. The summed E-state index contributed by atoms with van der Waals surface area (Å²) in [6.07, 6.45) is 0.101. The SMILES string of the molecule is O=C(O)C1CC(=O)N1c1ccccc1. The van der Waals surface area contributed by atoms with Gasteiger partial charge in [-0.3, -0.25) is 9.69 Å². The minimum atomic E-state index is -0.951. The number of anilines is 1. The van der Waals surface area contributed by atoms with Crippen LogP contribution >= 0.6 is 0 Å². The van der Waals surface area contributed by atoms with Gasteiger partial charge in [-0.1, -0.05) is 18.2 Å². The molecule has 14 heavy (non-hydrogen) atoms. The van der Waals surface area contributed by atoms with Crippen LogP contribution in [-0.4, -0.2) is 23.0 Å². The minimum Gasteiger partial charge on any atom is -0.480 e. The molecule has 4 nitrogen and oxygen atoms in total. The van der Waals surface area contributed by atoms with Crippen LogP contribution in [0.1, 0.15) is 6.42 Å². The van der Waals surface area contributed by atoms with E-state index in [0.29, 0.717) is 5.69 Å². The number of para-hydroxylation sites is 1. The molecule has 1 aliphatic rings. The zero-order valence-corrected chi connectivity index (χ0v) is 7.38. The molecule has 1 saturated heterocycles. The summed E-state index contributed by atoms with van der Waals surface area (Å²) in [7, 11) is 0. The van der Waals surface area contributed by atoms with Crippen molar-refractivity contribution in [2.75, 3.05) is 4.90 Å². The topological polar surface area (TPSA) is 57.6 Å². The first-order valence-corrected chi connectivity index (χ1v) is 4.30. The van der Waals surface area contributed by atoms with Crippen LogP contribution < -0.4 is 4.90 Å². The van der Waals surface area contributed by atoms with Gasteiger partial charge in [-0.25, -0.2) is 4.79 Å². The van der Waals surface area contributed by atoms with Gasteiger partial charge in [-0.2, -0.15) is 0 Å². The molecule has 1 aliphatic heterocycles. The van der Waals surface area contributed by atoms with Crippen molar-refractivity contribution in [1.82, 2.24) is 0 Å². The third-order valence-corrected chi connectivity index (χ3v) is 2.27. The lowest BCUT2D eigenvalue weighted by atomic mass is 10.0. The molecule has 0 saturated carbocycles. The maximum Gasteiger partial charge on any atom is 0.327 e. The van der Waals surface area contributed by atoms with E-state index in [2.05, 4.69) is 0 Å². The summed E-state index contributed by atoms with van der Waals surface area (Å²) in [5.74, 6) is -1.09. The summed E-state index contributed by atoms with van der Waals surface area (Å²) in [4.78, 5) is 23.2. The highest BCUT2D eigenvalue weighted by Crippen LogP contribution is 2.27. The predicted octanol–water partition coefficient (Wildman–Crippen LogP) is 0.877. The van der Waals surface area contributed by atoms with E-state index in [-0.39, 0.29) is 12.3 Å². The number of carboxylic acid groups (broad SMARTS) is 1. The number of nitrogens with zero attached hydrogens (tertiary/aromatic N) is 1. The van der Waals surface area contributed by atoms with Gasteiger partial charge in [0.2, 0.25) is 5.91 Å². The molecule has 0 spiro atoms. The summed E-state index contributed by atoms with van der Waals surface area (Å²) in [6, 6.07) is 8.15. The van der Waals surface area contributed by atoms with Gasteiger partial charge in [0, 0.05) is 5.69 Å². The van der Waals surface area contributed by atoms with E-state index < -0.39 is 12.0 Å². The van der Waals surface area contributed by atoms with E-state index in [1.165, 1.54) is 4.90 Å². The summed E-state index contributed by atoms with van der Waals surface area (Å²) >= 11 is 0. The lowest BCUT2D eigenvalue weighted by molar-refractivity contribution is -0.145. The number of amides is 1. The lowest BCUT2D eigenvalue weighted by Crippen LogP contribution is -2.57. The van der Waals surface area contributed by atoms with Gasteiger partial charge in [-0.15, -0.1) is 0 Å². The van der Waals surface area contributed by atoms with Crippen molar-refractivity contribution in [3.05, 3.63) is 30.3 Å². The molecule has 0 aliphatic carbocycles. The van der Waals surface area contributed by atoms with Crippen molar-refractivity contribution in [3.8, 4) is 0 Å². The summed E-state index contributed by atoms with van der Waals surface area (Å²) in [6.45, 7) is 0. The molecule has 1 aromatic rings. The zero-order valence-electron chi connectivity index (χ0n) is 7.38. The number of rotatable bonds is 2. The highest BCUT2D eigenvalue weighted by molar-refractivity contribution is 6.08. The van der Waals surface area contributed by atoms with Gasteiger partial charge in [0.1, 0.15) is 6.04 Å². The predicted molar refractivity (Wildman–Crippen MR) is 50.0 cm³/mol. The lowest BCUT2D eigenvalue weighted by Gasteiger charge is -2.37. The number of hydrogen-bond acceptors (Lipinski definition) is 2. The first-order chi connectivity index (χ1) is 6.70. The molecule has 1 amide bonds. The fourth-order valence-electron chi connectivity index (χ4n) is 1.53. The third kappa shape index (κ3) is 1.25. The van der Waals surface area contributed by atoms with E-state index in [1.54, 1.807) is 24.3 Å². The van der Waals surface area contributed by atoms with E-state index in [0.717, 1.165) is 0 Å². The van der Waals surface area contributed by atoms with E-state index in [1.807, 2.05) is 6.07 Å². The molecule has 2 rings (SSSR count). The average molecular weight is 191 g/mol. The van der Waals surface area contributed by atoms with Gasteiger partial charge in [-0.05, 0) is 12.1 Å². The second-order valence-corrected chi connectivity index (χ2v) is 3.16. The normalized spacial score (nSPS) is 20.4. The van der Waals surface area contributed by atoms with Gasteiger partial charge >= 0.3 is 5.97 Å². The third-order valence-electron chi connectivity index (χ3n) is 2.27. The Bertz CT molecular complexity index is 374. The van der Waals surface area contributed by atoms with Gasteiger partial charge in [0.05, 0.1) is 6.42 Å². The number of aliphatic carboxylic acids is 1. The second-order valence-electron chi connectivity index (χ2n) is 3.16. The van der Waals surface area contributed by atoms with E-state index in [9.17, 15) is 9.59 Å². The van der Waals surface area contributed by atoms with Crippen molar-refractivity contribution in [2.24, 2.45) is 0 Å². The van der Waals surface area contributed by atoms with Crippen molar-refractivity contribution in [2.45, 2.75) is 12.5 Å². The molecule has 72 valence electrons. The minimum absolute atomic E-state index is 0.101. The largest absolute Gasteiger partial charge is 0.480 e. The van der Waals surface area contributed by atoms with Crippen molar-refractivity contribution in [3.63, 3.8) is 0 Å². The molecular weight excluding hydrogens is 182 g/mol. The Morgan fingerprint density at radius 2 is 2.00 bits per heavy atom. The van der Waals surface area contributed by atoms with Crippen LogP contribution in [0, 0.1) is 0 Å². The number of benzene rings is 1. The Balaban J connectivity index is 2.26. The number of hydrogen-bond donors (Lipinski definition) is 1. The van der Waals surface area contributed by atoms with Crippen LogP contribution in [0.15, 0.2) is 30.3 Å². The Morgan fingerprint density at radius 1 is 1.36 bits per heavy atom. The quantitative estimate of drug-likeness (QED) is 0.706. The van der Waals surface area contributed by atoms with Crippen LogP contribution in [0.25, 0.3) is 0 Å². The fourth-order valence-corrected chi connectivity index (χ4v) is 1.53. The Kier molecular flexibility index (Phi) is 1.96. The number of β-lactam (4-membered cyclic amide) rings is 1. The van der Waals surface area contributed by atoms with Crippen LogP contribution in [0.4, 0.5) is 5.69 Å².